The van der Waals surface area contributed by atoms with Crippen LogP contribution >= 0.6 is 0 Å². The summed E-state index contributed by atoms with van der Waals surface area (Å²) in [5, 5.41) is 5.56. The number of nitrogens with zero attached hydrogens (tertiary/aromatic N) is 1. The molecule has 1 fully saturated rings. The third-order valence-electron chi connectivity index (χ3n) is 4.54. The number of likely N-dealkylation sites (tertiary alicyclic amines) is 1. The molecule has 0 atom stereocenters. The highest BCUT2D eigenvalue weighted by Gasteiger charge is 2.25. The zero-order valence-electron chi connectivity index (χ0n) is 17.2. The Morgan fingerprint density at radius 3 is 2.39 bits per heavy atom. The van der Waals surface area contributed by atoms with E-state index in [1.807, 2.05) is 36.1 Å². The van der Waals surface area contributed by atoms with Gasteiger partial charge in [0.1, 0.15) is 5.60 Å². The van der Waals surface area contributed by atoms with Gasteiger partial charge < -0.3 is 20.3 Å². The molecule has 0 aromatic heterocycles. The topological polar surface area (TPSA) is 87.7 Å². The molecule has 7 nitrogen and oxygen atoms in total. The van der Waals surface area contributed by atoms with E-state index in [9.17, 15) is 14.4 Å². The fourth-order valence-corrected chi connectivity index (χ4v) is 3.10. The van der Waals surface area contributed by atoms with Gasteiger partial charge >= 0.3 is 6.09 Å². The number of aryl methyl sites for hydroxylation is 1. The van der Waals surface area contributed by atoms with Gasteiger partial charge in [-0.25, -0.2) is 4.79 Å². The van der Waals surface area contributed by atoms with E-state index in [1.54, 1.807) is 20.8 Å². The number of amides is 3. The highest BCUT2D eigenvalue weighted by molar-refractivity contribution is 5.95. The van der Waals surface area contributed by atoms with E-state index in [-0.39, 0.29) is 30.8 Å². The Balaban J connectivity index is 1.69. The van der Waals surface area contributed by atoms with Crippen LogP contribution in [0, 0.1) is 6.92 Å². The van der Waals surface area contributed by atoms with E-state index >= 15 is 0 Å². The summed E-state index contributed by atoms with van der Waals surface area (Å²) < 4.78 is 5.13. The van der Waals surface area contributed by atoms with Crippen molar-refractivity contribution in [1.82, 2.24) is 15.5 Å². The lowest BCUT2D eigenvalue weighted by Crippen LogP contribution is -2.47. The summed E-state index contributed by atoms with van der Waals surface area (Å²) in [6.07, 6.45) is 1.12. The van der Waals surface area contributed by atoms with Crippen LogP contribution in [-0.2, 0) is 9.53 Å². The Morgan fingerprint density at radius 1 is 1.14 bits per heavy atom. The zero-order chi connectivity index (χ0) is 20.7. The minimum atomic E-state index is -0.559. The van der Waals surface area contributed by atoms with Gasteiger partial charge in [-0.05, 0) is 52.2 Å². The third kappa shape index (κ3) is 6.87. The number of carbonyl (C=O) groups is 3. The van der Waals surface area contributed by atoms with Crippen LogP contribution < -0.4 is 10.6 Å². The van der Waals surface area contributed by atoms with Gasteiger partial charge in [0.2, 0.25) is 5.91 Å². The summed E-state index contributed by atoms with van der Waals surface area (Å²) in [6.45, 7) is 8.76. The molecule has 1 aliphatic rings. The van der Waals surface area contributed by atoms with Crippen LogP contribution in [0.3, 0.4) is 0 Å². The maximum Gasteiger partial charge on any atom is 0.407 e. The molecule has 3 amide bonds. The van der Waals surface area contributed by atoms with Gasteiger partial charge in [-0.2, -0.15) is 0 Å². The lowest BCUT2D eigenvalue weighted by molar-refractivity contribution is -0.121. The Bertz CT molecular complexity index is 704. The summed E-state index contributed by atoms with van der Waals surface area (Å²) in [5.74, 6) is -0.0656. The third-order valence-corrected chi connectivity index (χ3v) is 4.54. The van der Waals surface area contributed by atoms with Gasteiger partial charge in [-0.1, -0.05) is 18.2 Å². The van der Waals surface area contributed by atoms with E-state index in [4.69, 9.17) is 4.74 Å². The normalized spacial score (nSPS) is 15.1. The molecule has 1 aliphatic heterocycles. The number of hydrogen-bond acceptors (Lipinski definition) is 4. The highest BCUT2D eigenvalue weighted by atomic mass is 16.6. The monoisotopic (exact) mass is 389 g/mol. The van der Waals surface area contributed by atoms with Crippen molar-refractivity contribution in [2.75, 3.05) is 19.6 Å². The number of rotatable bonds is 5. The van der Waals surface area contributed by atoms with Crippen LogP contribution in [0.5, 0.6) is 0 Å². The molecule has 1 aromatic rings. The summed E-state index contributed by atoms with van der Waals surface area (Å²) in [5.41, 5.74) is 1.15. The van der Waals surface area contributed by atoms with Gasteiger partial charge in [0.25, 0.3) is 5.91 Å². The SMILES string of the molecule is Cc1ccccc1C(=O)N1CCC(NC(=O)CCNC(=O)OC(C)(C)C)CC1. The van der Waals surface area contributed by atoms with Crippen LogP contribution in [0.2, 0.25) is 0 Å². The van der Waals surface area contributed by atoms with Gasteiger partial charge in [0.15, 0.2) is 0 Å². The first kappa shape index (κ1) is 21.7. The quantitative estimate of drug-likeness (QED) is 0.810. The van der Waals surface area contributed by atoms with Crippen molar-refractivity contribution in [1.29, 1.82) is 0 Å². The molecule has 1 heterocycles. The van der Waals surface area contributed by atoms with Gasteiger partial charge in [0.05, 0.1) is 0 Å². The maximum absolute atomic E-state index is 12.6. The summed E-state index contributed by atoms with van der Waals surface area (Å²) in [6, 6.07) is 7.63. The molecular weight excluding hydrogens is 358 g/mol. The molecule has 28 heavy (non-hydrogen) atoms. The average Bonchev–Trinajstić information content (AvgIpc) is 2.60. The molecule has 0 radical (unpaired) electrons. The van der Waals surface area contributed by atoms with E-state index in [1.165, 1.54) is 0 Å². The Morgan fingerprint density at radius 2 is 1.79 bits per heavy atom. The van der Waals surface area contributed by atoms with Gasteiger partial charge in [-0.15, -0.1) is 0 Å². The van der Waals surface area contributed by atoms with Crippen molar-refractivity contribution in [3.8, 4) is 0 Å². The lowest BCUT2D eigenvalue weighted by atomic mass is 10.0. The molecular formula is C21H31N3O4. The minimum Gasteiger partial charge on any atom is -0.444 e. The van der Waals surface area contributed by atoms with Crippen molar-refractivity contribution in [3.63, 3.8) is 0 Å². The lowest BCUT2D eigenvalue weighted by Gasteiger charge is -2.32. The van der Waals surface area contributed by atoms with Crippen LogP contribution in [0.1, 0.15) is 56.0 Å². The van der Waals surface area contributed by atoms with Crippen LogP contribution in [0.4, 0.5) is 4.79 Å². The fourth-order valence-electron chi connectivity index (χ4n) is 3.10. The first-order chi connectivity index (χ1) is 13.2. The van der Waals surface area contributed by atoms with Crippen molar-refractivity contribution in [2.45, 2.75) is 58.6 Å². The van der Waals surface area contributed by atoms with E-state index in [0.29, 0.717) is 13.1 Å². The predicted octanol–water partition coefficient (Wildman–Crippen LogP) is 2.63. The second kappa shape index (κ2) is 9.57. The molecule has 154 valence electrons. The number of ether oxygens (including phenoxy) is 1. The minimum absolute atomic E-state index is 0.0458. The molecule has 7 heteroatoms. The first-order valence-electron chi connectivity index (χ1n) is 9.77. The second-order valence-corrected chi connectivity index (χ2v) is 8.13. The average molecular weight is 389 g/mol. The molecule has 0 spiro atoms. The van der Waals surface area contributed by atoms with Crippen LogP contribution in [-0.4, -0.2) is 54.1 Å². The van der Waals surface area contributed by atoms with Crippen LogP contribution in [0.15, 0.2) is 24.3 Å². The number of benzene rings is 1. The number of hydrogen-bond donors (Lipinski definition) is 2. The van der Waals surface area contributed by atoms with Gasteiger partial charge in [0, 0.05) is 37.7 Å². The standard InChI is InChI=1S/C21H31N3O4/c1-15-7-5-6-8-17(15)19(26)24-13-10-16(11-14-24)23-18(25)9-12-22-20(27)28-21(2,3)4/h5-8,16H,9-14H2,1-4H3,(H,22,27)(H,23,25). The molecule has 2 N–H and O–H groups in total. The van der Waals surface area contributed by atoms with E-state index in [2.05, 4.69) is 10.6 Å². The molecule has 0 bridgehead atoms. The predicted molar refractivity (Wildman–Crippen MR) is 107 cm³/mol. The fraction of sp³-hybridized carbons (Fsp3) is 0.571. The molecule has 1 saturated heterocycles. The smallest absolute Gasteiger partial charge is 0.407 e. The Hall–Kier alpha value is -2.57. The van der Waals surface area contributed by atoms with Crippen LogP contribution in [0.25, 0.3) is 0 Å². The largest absolute Gasteiger partial charge is 0.444 e. The van der Waals surface area contributed by atoms with E-state index in [0.717, 1.165) is 24.0 Å². The van der Waals surface area contributed by atoms with E-state index < -0.39 is 11.7 Å². The summed E-state index contributed by atoms with van der Waals surface area (Å²) in [7, 11) is 0. The first-order valence-corrected chi connectivity index (χ1v) is 9.77. The molecule has 2 rings (SSSR count). The Kier molecular flexibility index (Phi) is 7.43. The summed E-state index contributed by atoms with van der Waals surface area (Å²) >= 11 is 0. The van der Waals surface area contributed by atoms with Crippen molar-refractivity contribution < 1.29 is 19.1 Å². The molecule has 0 unspecified atom stereocenters. The Labute approximate surface area is 166 Å². The second-order valence-electron chi connectivity index (χ2n) is 8.13. The summed E-state index contributed by atoms with van der Waals surface area (Å²) in [4.78, 5) is 38.1. The highest BCUT2D eigenvalue weighted by Crippen LogP contribution is 2.16. The number of alkyl carbamates (subject to hydrolysis) is 1. The van der Waals surface area contributed by atoms with Crippen molar-refractivity contribution in [3.05, 3.63) is 35.4 Å². The van der Waals surface area contributed by atoms with Crippen molar-refractivity contribution in [2.24, 2.45) is 0 Å². The van der Waals surface area contributed by atoms with Gasteiger partial charge in [-0.3, -0.25) is 9.59 Å². The van der Waals surface area contributed by atoms with Crippen molar-refractivity contribution >= 4 is 17.9 Å². The zero-order valence-corrected chi connectivity index (χ0v) is 17.2. The number of nitrogens with one attached hydrogen (secondary N) is 2. The number of carbonyl (C=O) groups excluding carboxylic acids is 3. The maximum atomic E-state index is 12.6. The molecule has 0 aliphatic carbocycles. The molecule has 1 aromatic carbocycles. The molecule has 0 saturated carbocycles. The number of piperidine rings is 1.